The summed E-state index contributed by atoms with van der Waals surface area (Å²) < 4.78 is 0. The molecule has 0 bridgehead atoms. The van der Waals surface area contributed by atoms with Gasteiger partial charge in [0.25, 0.3) is 0 Å². The van der Waals surface area contributed by atoms with E-state index >= 15 is 0 Å². The van der Waals surface area contributed by atoms with Crippen molar-refractivity contribution in [3.05, 3.63) is 11.6 Å². The summed E-state index contributed by atoms with van der Waals surface area (Å²) in [6, 6.07) is 0.300. The molecule has 164 valence electrons. The van der Waals surface area contributed by atoms with E-state index in [0.717, 1.165) is 25.7 Å². The molecule has 2 heterocycles. The molecule has 29 heavy (non-hydrogen) atoms. The zero-order valence-electron chi connectivity index (χ0n) is 18.7. The Morgan fingerprint density at radius 2 is 1.79 bits per heavy atom. The van der Waals surface area contributed by atoms with E-state index in [0.29, 0.717) is 24.0 Å². The van der Waals surface area contributed by atoms with Crippen molar-refractivity contribution in [3.63, 3.8) is 0 Å². The third kappa shape index (κ3) is 5.80. The van der Waals surface area contributed by atoms with E-state index in [2.05, 4.69) is 60.0 Å². The Morgan fingerprint density at radius 3 is 2.38 bits per heavy atom. The molecule has 1 N–H and O–H groups in total. The smallest absolute Gasteiger partial charge is 0.227 e. The summed E-state index contributed by atoms with van der Waals surface area (Å²) >= 11 is 5.97. The number of piperidine rings is 1. The Balaban J connectivity index is 1.74. The Labute approximate surface area is 181 Å². The number of aromatic nitrogens is 3. The number of hydrogen-bond donors (Lipinski definition) is 1. The summed E-state index contributed by atoms with van der Waals surface area (Å²) in [6.07, 6.45) is 12.5. The van der Waals surface area contributed by atoms with E-state index in [1.54, 1.807) is 0 Å². The van der Waals surface area contributed by atoms with Crippen molar-refractivity contribution in [3.8, 4) is 0 Å². The molecule has 3 rings (SSSR count). The summed E-state index contributed by atoms with van der Waals surface area (Å²) in [7, 11) is 0. The summed E-state index contributed by atoms with van der Waals surface area (Å²) in [6.45, 7) is 11.5. The molecule has 1 saturated heterocycles. The van der Waals surface area contributed by atoms with Gasteiger partial charge in [-0.15, -0.1) is 0 Å². The zero-order valence-corrected chi connectivity index (χ0v) is 19.5. The predicted molar refractivity (Wildman–Crippen MR) is 118 cm³/mol. The third-order valence-corrected chi connectivity index (χ3v) is 6.64. The molecule has 0 aromatic carbocycles. The van der Waals surface area contributed by atoms with Crippen LogP contribution in [0.2, 0.25) is 5.28 Å². The molecule has 1 saturated carbocycles. The van der Waals surface area contributed by atoms with Crippen LogP contribution in [0.3, 0.4) is 0 Å². The lowest BCUT2D eigenvalue weighted by molar-refractivity contribution is -0.314. The average Bonchev–Trinajstić information content (AvgIpc) is 2.65. The predicted octanol–water partition coefficient (Wildman–Crippen LogP) is 5.64. The molecule has 1 atom stereocenters. The minimum Gasteiger partial charge on any atom is -0.351 e. The molecule has 6 nitrogen and oxygen atoms in total. The molecule has 0 radical (unpaired) electrons. The van der Waals surface area contributed by atoms with Crippen LogP contribution in [0.5, 0.6) is 0 Å². The highest BCUT2D eigenvalue weighted by atomic mass is 35.5. The molecular weight excluding hydrogens is 386 g/mol. The fourth-order valence-electron chi connectivity index (χ4n) is 5.48. The first-order valence-electron chi connectivity index (χ1n) is 11.3. The highest BCUT2D eigenvalue weighted by molar-refractivity contribution is 6.28. The molecule has 1 aliphatic carbocycles. The quantitative estimate of drug-likeness (QED) is 0.612. The van der Waals surface area contributed by atoms with Gasteiger partial charge in [-0.1, -0.05) is 32.6 Å². The van der Waals surface area contributed by atoms with Crippen LogP contribution in [0, 0.1) is 5.92 Å². The molecule has 0 amide bonds. The average molecular weight is 424 g/mol. The number of anilines is 1. The topological polar surface area (TPSA) is 63.2 Å². The van der Waals surface area contributed by atoms with Crippen LogP contribution in [0.4, 0.5) is 5.95 Å². The van der Waals surface area contributed by atoms with E-state index in [-0.39, 0.29) is 16.4 Å². The molecule has 7 heteroatoms. The van der Waals surface area contributed by atoms with Crippen LogP contribution in [0.1, 0.15) is 92.4 Å². The molecule has 2 fully saturated rings. The van der Waals surface area contributed by atoms with Crippen LogP contribution in [-0.2, 0) is 4.84 Å². The van der Waals surface area contributed by atoms with Crippen molar-refractivity contribution < 1.29 is 4.84 Å². The van der Waals surface area contributed by atoms with E-state index < -0.39 is 0 Å². The van der Waals surface area contributed by atoms with E-state index in [9.17, 15) is 0 Å². The molecule has 1 unspecified atom stereocenters. The highest BCUT2D eigenvalue weighted by Crippen LogP contribution is 2.44. The van der Waals surface area contributed by atoms with Gasteiger partial charge in [0, 0.05) is 17.1 Å². The molecule has 2 aliphatic rings. The van der Waals surface area contributed by atoms with Crippen LogP contribution < -0.4 is 5.32 Å². The number of hydrogen-bond acceptors (Lipinski definition) is 6. The first-order chi connectivity index (χ1) is 13.7. The van der Waals surface area contributed by atoms with Crippen molar-refractivity contribution >= 4 is 17.5 Å². The van der Waals surface area contributed by atoms with Gasteiger partial charge in [0.2, 0.25) is 11.2 Å². The van der Waals surface area contributed by atoms with Crippen LogP contribution in [-0.4, -0.2) is 43.2 Å². The lowest BCUT2D eigenvalue weighted by Gasteiger charge is -2.56. The molecule has 1 aromatic rings. The van der Waals surface area contributed by atoms with Crippen molar-refractivity contribution in [1.29, 1.82) is 0 Å². The Hall–Kier alpha value is -0.980. The van der Waals surface area contributed by atoms with Gasteiger partial charge in [0.05, 0.1) is 6.10 Å². The van der Waals surface area contributed by atoms with Gasteiger partial charge in [0.15, 0.2) is 0 Å². The SMILES string of the molecule is CCCC(Nc1ncnc(Cl)n1)C1CC(C)(C)N(OC2CCCCC2)C(C)(C)C1. The van der Waals surface area contributed by atoms with Crippen molar-refractivity contribution in [2.45, 2.75) is 116 Å². The molecular formula is C22H38ClN5O. The number of halogens is 1. The minimum atomic E-state index is -0.0335. The minimum absolute atomic E-state index is 0.0335. The Morgan fingerprint density at radius 1 is 1.14 bits per heavy atom. The van der Waals surface area contributed by atoms with Crippen molar-refractivity contribution in [2.24, 2.45) is 5.92 Å². The second kappa shape index (κ2) is 9.44. The van der Waals surface area contributed by atoms with Crippen molar-refractivity contribution in [2.75, 3.05) is 5.32 Å². The lowest BCUT2D eigenvalue weighted by atomic mass is 9.71. The normalized spacial score (nSPS) is 24.3. The maximum Gasteiger partial charge on any atom is 0.227 e. The Bertz CT molecular complexity index is 644. The summed E-state index contributed by atoms with van der Waals surface area (Å²) in [5.41, 5.74) is -0.0669. The van der Waals surface area contributed by atoms with Crippen LogP contribution in [0.15, 0.2) is 6.33 Å². The van der Waals surface area contributed by atoms with Crippen LogP contribution >= 0.6 is 11.6 Å². The summed E-state index contributed by atoms with van der Waals surface area (Å²) in [4.78, 5) is 19.1. The van der Waals surface area contributed by atoms with Gasteiger partial charge in [0.1, 0.15) is 6.33 Å². The Kier molecular flexibility index (Phi) is 7.39. The fourth-order valence-corrected chi connectivity index (χ4v) is 5.60. The van der Waals surface area contributed by atoms with Crippen LogP contribution in [0.25, 0.3) is 0 Å². The second-order valence-corrected chi connectivity index (χ2v) is 10.4. The standard InChI is InChI=1S/C22H38ClN5O/c1-6-10-18(26-20-25-15-24-19(23)27-20)16-13-21(2,3)28(22(4,5)14-16)29-17-11-8-7-9-12-17/h15-18H,6-14H2,1-5H3,(H,24,25,26,27). The maximum atomic E-state index is 6.65. The number of rotatable bonds is 7. The van der Waals surface area contributed by atoms with Gasteiger partial charge >= 0.3 is 0 Å². The molecule has 0 spiro atoms. The highest BCUT2D eigenvalue weighted by Gasteiger charge is 2.49. The lowest BCUT2D eigenvalue weighted by Crippen LogP contribution is -2.63. The van der Waals surface area contributed by atoms with Gasteiger partial charge in [-0.25, -0.2) is 9.97 Å². The summed E-state index contributed by atoms with van der Waals surface area (Å²) in [5.74, 6) is 1.07. The van der Waals surface area contributed by atoms with Gasteiger partial charge in [-0.2, -0.15) is 10.0 Å². The summed E-state index contributed by atoms with van der Waals surface area (Å²) in [5, 5.41) is 6.12. The number of nitrogens with one attached hydrogen (secondary N) is 1. The monoisotopic (exact) mass is 423 g/mol. The number of nitrogens with zero attached hydrogens (tertiary/aromatic N) is 4. The van der Waals surface area contributed by atoms with Gasteiger partial charge in [-0.05, 0) is 77.3 Å². The second-order valence-electron chi connectivity index (χ2n) is 10.1. The molecule has 1 aliphatic heterocycles. The third-order valence-electron chi connectivity index (χ3n) is 6.46. The first kappa shape index (κ1) is 22.7. The van der Waals surface area contributed by atoms with Gasteiger partial charge < -0.3 is 5.32 Å². The molecule has 1 aromatic heterocycles. The zero-order chi connectivity index (χ0) is 21.1. The maximum absolute atomic E-state index is 6.65. The first-order valence-corrected chi connectivity index (χ1v) is 11.7. The van der Waals surface area contributed by atoms with E-state index in [4.69, 9.17) is 16.4 Å². The largest absolute Gasteiger partial charge is 0.351 e. The van der Waals surface area contributed by atoms with E-state index in [1.807, 2.05) is 0 Å². The van der Waals surface area contributed by atoms with Crippen molar-refractivity contribution in [1.82, 2.24) is 20.0 Å². The number of hydroxylamine groups is 2. The van der Waals surface area contributed by atoms with E-state index in [1.165, 1.54) is 38.4 Å². The fraction of sp³-hybridized carbons (Fsp3) is 0.864. The van der Waals surface area contributed by atoms with Gasteiger partial charge in [-0.3, -0.25) is 4.84 Å².